The van der Waals surface area contributed by atoms with Crippen molar-refractivity contribution in [3.8, 4) is 0 Å². The molecule has 0 radical (unpaired) electrons. The molecule has 5 nitrogen and oxygen atoms in total. The molecule has 27 heavy (non-hydrogen) atoms. The Labute approximate surface area is 159 Å². The minimum atomic E-state index is -0.252. The van der Waals surface area contributed by atoms with Crippen LogP contribution in [0.4, 0.5) is 14.9 Å². The zero-order valence-corrected chi connectivity index (χ0v) is 15.4. The summed E-state index contributed by atoms with van der Waals surface area (Å²) in [7, 11) is 0. The maximum absolute atomic E-state index is 12.9. The van der Waals surface area contributed by atoms with Gasteiger partial charge < -0.3 is 15.4 Å². The van der Waals surface area contributed by atoms with Crippen LogP contribution in [-0.4, -0.2) is 50.3 Å². The SMILES string of the molecule is O=C(NCCc1ccc(F)cc1)Nc1ccc(CCN2CCOCC2)cc1. The van der Waals surface area contributed by atoms with Crippen molar-refractivity contribution in [2.24, 2.45) is 0 Å². The average Bonchev–Trinajstić information content (AvgIpc) is 2.70. The predicted octanol–water partition coefficient (Wildman–Crippen LogP) is 3.06. The fourth-order valence-corrected chi connectivity index (χ4v) is 3.01. The molecule has 6 heteroatoms. The van der Waals surface area contributed by atoms with Gasteiger partial charge >= 0.3 is 6.03 Å². The first kappa shape index (κ1) is 19.3. The molecule has 1 aliphatic rings. The summed E-state index contributed by atoms with van der Waals surface area (Å²) in [5, 5.41) is 5.65. The zero-order valence-electron chi connectivity index (χ0n) is 15.4. The summed E-state index contributed by atoms with van der Waals surface area (Å²) in [6.07, 6.45) is 1.65. The van der Waals surface area contributed by atoms with Crippen molar-refractivity contribution in [3.05, 3.63) is 65.5 Å². The van der Waals surface area contributed by atoms with E-state index in [1.165, 1.54) is 17.7 Å². The van der Waals surface area contributed by atoms with Gasteiger partial charge in [-0.2, -0.15) is 0 Å². The second kappa shape index (κ2) is 10.0. The summed E-state index contributed by atoms with van der Waals surface area (Å²) >= 11 is 0. The van der Waals surface area contributed by atoms with Gasteiger partial charge in [-0.05, 0) is 48.2 Å². The molecule has 1 fully saturated rings. The summed E-state index contributed by atoms with van der Waals surface area (Å²) in [5.74, 6) is -0.252. The summed E-state index contributed by atoms with van der Waals surface area (Å²) in [5.41, 5.74) is 3.01. The fourth-order valence-electron chi connectivity index (χ4n) is 3.01. The van der Waals surface area contributed by atoms with Crippen LogP contribution in [0.5, 0.6) is 0 Å². The largest absolute Gasteiger partial charge is 0.379 e. The van der Waals surface area contributed by atoms with Crippen molar-refractivity contribution in [2.45, 2.75) is 12.8 Å². The van der Waals surface area contributed by atoms with Crippen molar-refractivity contribution < 1.29 is 13.9 Å². The van der Waals surface area contributed by atoms with E-state index in [2.05, 4.69) is 27.7 Å². The highest BCUT2D eigenvalue weighted by molar-refractivity contribution is 5.89. The molecular formula is C21H26FN3O2. The number of amides is 2. The average molecular weight is 371 g/mol. The normalized spacial score (nSPS) is 14.7. The van der Waals surface area contributed by atoms with Gasteiger partial charge in [-0.3, -0.25) is 4.90 Å². The molecule has 0 bridgehead atoms. The van der Waals surface area contributed by atoms with Gasteiger partial charge in [0, 0.05) is 31.9 Å². The molecule has 1 heterocycles. The lowest BCUT2D eigenvalue weighted by Crippen LogP contribution is -2.37. The maximum Gasteiger partial charge on any atom is 0.319 e. The van der Waals surface area contributed by atoms with Crippen LogP contribution in [-0.2, 0) is 17.6 Å². The summed E-state index contributed by atoms with van der Waals surface area (Å²) in [6, 6.07) is 14.0. The summed E-state index contributed by atoms with van der Waals surface area (Å²) in [6.45, 7) is 5.16. The smallest absolute Gasteiger partial charge is 0.319 e. The molecule has 2 amide bonds. The lowest BCUT2D eigenvalue weighted by Gasteiger charge is -2.26. The van der Waals surface area contributed by atoms with Gasteiger partial charge in [0.25, 0.3) is 0 Å². The van der Waals surface area contributed by atoms with E-state index in [1.807, 2.05) is 12.1 Å². The third-order valence-corrected chi connectivity index (χ3v) is 4.64. The quantitative estimate of drug-likeness (QED) is 0.787. The van der Waals surface area contributed by atoms with Crippen LogP contribution in [0.15, 0.2) is 48.5 Å². The van der Waals surface area contributed by atoms with Gasteiger partial charge in [0.05, 0.1) is 13.2 Å². The zero-order chi connectivity index (χ0) is 18.9. The Morgan fingerprint density at radius 3 is 2.30 bits per heavy atom. The van der Waals surface area contributed by atoms with E-state index in [0.29, 0.717) is 13.0 Å². The number of ether oxygens (including phenoxy) is 1. The Kier molecular flexibility index (Phi) is 7.19. The van der Waals surface area contributed by atoms with Gasteiger partial charge in [-0.1, -0.05) is 24.3 Å². The van der Waals surface area contributed by atoms with Crippen molar-refractivity contribution in [2.75, 3.05) is 44.7 Å². The number of hydrogen-bond donors (Lipinski definition) is 2. The molecule has 0 aromatic heterocycles. The van der Waals surface area contributed by atoms with Crippen molar-refractivity contribution in [1.82, 2.24) is 10.2 Å². The number of rotatable bonds is 7. The van der Waals surface area contributed by atoms with E-state index in [-0.39, 0.29) is 11.8 Å². The lowest BCUT2D eigenvalue weighted by molar-refractivity contribution is 0.0384. The van der Waals surface area contributed by atoms with Crippen LogP contribution in [0.25, 0.3) is 0 Å². The number of carbonyl (C=O) groups is 1. The first-order valence-electron chi connectivity index (χ1n) is 9.37. The number of anilines is 1. The van der Waals surface area contributed by atoms with Crippen molar-refractivity contribution in [3.63, 3.8) is 0 Å². The Balaban J connectivity index is 1.36. The highest BCUT2D eigenvalue weighted by Crippen LogP contribution is 2.11. The van der Waals surface area contributed by atoms with Gasteiger partial charge in [-0.25, -0.2) is 9.18 Å². The van der Waals surface area contributed by atoms with Crippen molar-refractivity contribution in [1.29, 1.82) is 0 Å². The van der Waals surface area contributed by atoms with Crippen LogP contribution in [0, 0.1) is 5.82 Å². The molecule has 0 saturated carbocycles. The molecule has 3 rings (SSSR count). The Morgan fingerprint density at radius 1 is 0.963 bits per heavy atom. The number of urea groups is 1. The number of halogens is 1. The van der Waals surface area contributed by atoms with Gasteiger partial charge in [0.2, 0.25) is 0 Å². The lowest BCUT2D eigenvalue weighted by atomic mass is 10.1. The van der Waals surface area contributed by atoms with E-state index in [9.17, 15) is 9.18 Å². The monoisotopic (exact) mass is 371 g/mol. The third kappa shape index (κ3) is 6.66. The van der Waals surface area contributed by atoms with E-state index >= 15 is 0 Å². The number of benzene rings is 2. The molecule has 1 aliphatic heterocycles. The highest BCUT2D eigenvalue weighted by Gasteiger charge is 2.09. The Bertz CT molecular complexity index is 713. The predicted molar refractivity (Wildman–Crippen MR) is 105 cm³/mol. The second-order valence-corrected chi connectivity index (χ2v) is 6.66. The van der Waals surface area contributed by atoms with Crippen LogP contribution in [0.3, 0.4) is 0 Å². The third-order valence-electron chi connectivity index (χ3n) is 4.64. The van der Waals surface area contributed by atoms with Crippen LogP contribution in [0.1, 0.15) is 11.1 Å². The van der Waals surface area contributed by atoms with Crippen LogP contribution >= 0.6 is 0 Å². The summed E-state index contributed by atoms with van der Waals surface area (Å²) < 4.78 is 18.2. The van der Waals surface area contributed by atoms with E-state index in [0.717, 1.165) is 50.5 Å². The number of morpholine rings is 1. The molecule has 2 N–H and O–H groups in total. The van der Waals surface area contributed by atoms with Crippen LogP contribution in [0.2, 0.25) is 0 Å². The first-order valence-corrected chi connectivity index (χ1v) is 9.37. The molecule has 2 aromatic rings. The fraction of sp³-hybridized carbons (Fsp3) is 0.381. The van der Waals surface area contributed by atoms with E-state index in [4.69, 9.17) is 4.74 Å². The Hall–Kier alpha value is -2.44. The number of nitrogens with zero attached hydrogens (tertiary/aromatic N) is 1. The molecule has 0 unspecified atom stereocenters. The highest BCUT2D eigenvalue weighted by atomic mass is 19.1. The standard InChI is InChI=1S/C21H26FN3O2/c22-19-5-1-17(2-6-19)9-11-23-21(26)24-20-7-3-18(4-8-20)10-12-25-13-15-27-16-14-25/h1-8H,9-16H2,(H2,23,24,26). The first-order chi connectivity index (χ1) is 13.2. The van der Waals surface area contributed by atoms with Gasteiger partial charge in [-0.15, -0.1) is 0 Å². The second-order valence-electron chi connectivity index (χ2n) is 6.66. The maximum atomic E-state index is 12.9. The number of carbonyl (C=O) groups excluding carboxylic acids is 1. The molecule has 144 valence electrons. The van der Waals surface area contributed by atoms with E-state index < -0.39 is 0 Å². The van der Waals surface area contributed by atoms with Crippen LogP contribution < -0.4 is 10.6 Å². The number of nitrogens with one attached hydrogen (secondary N) is 2. The molecule has 0 atom stereocenters. The van der Waals surface area contributed by atoms with Gasteiger partial charge in [0.1, 0.15) is 5.82 Å². The Morgan fingerprint density at radius 2 is 1.59 bits per heavy atom. The van der Waals surface area contributed by atoms with Crippen molar-refractivity contribution >= 4 is 11.7 Å². The minimum Gasteiger partial charge on any atom is -0.379 e. The van der Waals surface area contributed by atoms with Gasteiger partial charge in [0.15, 0.2) is 0 Å². The molecule has 2 aromatic carbocycles. The minimum absolute atomic E-state index is 0.238. The number of hydrogen-bond acceptors (Lipinski definition) is 3. The topological polar surface area (TPSA) is 53.6 Å². The molecule has 0 spiro atoms. The molecule has 1 saturated heterocycles. The molecular weight excluding hydrogens is 345 g/mol. The summed E-state index contributed by atoms with van der Waals surface area (Å²) in [4.78, 5) is 14.4. The van der Waals surface area contributed by atoms with E-state index in [1.54, 1.807) is 12.1 Å². The molecule has 0 aliphatic carbocycles.